The van der Waals surface area contributed by atoms with Gasteiger partial charge in [-0.2, -0.15) is 0 Å². The summed E-state index contributed by atoms with van der Waals surface area (Å²) < 4.78 is 13.1. The zero-order chi connectivity index (χ0) is 10.5. The van der Waals surface area contributed by atoms with Gasteiger partial charge in [-0.05, 0) is 47.9 Å². The molecule has 2 fully saturated rings. The zero-order valence-electron chi connectivity index (χ0n) is 8.39. The van der Waals surface area contributed by atoms with Crippen molar-refractivity contribution >= 4 is 11.6 Å². The van der Waals surface area contributed by atoms with Gasteiger partial charge in [0.1, 0.15) is 5.82 Å². The van der Waals surface area contributed by atoms with E-state index < -0.39 is 0 Å². The molecular formula is C12H13ClFN. The predicted molar refractivity (Wildman–Crippen MR) is 58.7 cm³/mol. The lowest BCUT2D eigenvalue weighted by molar-refractivity contribution is 0.0362. The minimum atomic E-state index is -0.179. The highest BCUT2D eigenvalue weighted by Crippen LogP contribution is 2.54. The molecule has 1 aliphatic carbocycles. The average molecular weight is 226 g/mol. The van der Waals surface area contributed by atoms with Crippen molar-refractivity contribution in [1.82, 2.24) is 5.32 Å². The van der Waals surface area contributed by atoms with E-state index >= 15 is 0 Å². The maximum Gasteiger partial charge on any atom is 0.123 e. The standard InChI is InChI=1S/C12H13ClFN/c13-11-2-1-9(14)3-10(11)8-4-12(5-8)6-15-7-12/h1-3,8,15H,4-7H2. The monoisotopic (exact) mass is 225 g/mol. The second kappa shape index (κ2) is 3.19. The number of benzene rings is 1. The summed E-state index contributed by atoms with van der Waals surface area (Å²) in [5.74, 6) is 0.289. The van der Waals surface area contributed by atoms with Crippen molar-refractivity contribution in [3.63, 3.8) is 0 Å². The lowest BCUT2D eigenvalue weighted by atomic mass is 9.57. The van der Waals surface area contributed by atoms with E-state index in [1.54, 1.807) is 12.1 Å². The summed E-state index contributed by atoms with van der Waals surface area (Å²) in [6.45, 7) is 2.24. The quantitative estimate of drug-likeness (QED) is 0.775. The molecule has 0 atom stereocenters. The highest BCUT2D eigenvalue weighted by molar-refractivity contribution is 6.31. The van der Waals surface area contributed by atoms with E-state index in [2.05, 4.69) is 5.32 Å². The molecule has 1 aromatic rings. The fourth-order valence-corrected chi connectivity index (χ4v) is 3.07. The molecule has 1 N–H and O–H groups in total. The van der Waals surface area contributed by atoms with Crippen molar-refractivity contribution in [2.24, 2.45) is 5.41 Å². The molecular weight excluding hydrogens is 213 g/mol. The summed E-state index contributed by atoms with van der Waals surface area (Å²) in [5.41, 5.74) is 1.51. The van der Waals surface area contributed by atoms with Crippen molar-refractivity contribution in [1.29, 1.82) is 0 Å². The molecule has 1 saturated heterocycles. The van der Waals surface area contributed by atoms with Gasteiger partial charge < -0.3 is 5.32 Å². The zero-order valence-corrected chi connectivity index (χ0v) is 9.15. The molecule has 15 heavy (non-hydrogen) atoms. The largest absolute Gasteiger partial charge is 0.316 e. The summed E-state index contributed by atoms with van der Waals surface area (Å²) in [5, 5.41) is 4.01. The molecule has 3 heteroatoms. The van der Waals surface area contributed by atoms with Crippen LogP contribution in [0, 0.1) is 11.2 Å². The van der Waals surface area contributed by atoms with Gasteiger partial charge in [0.15, 0.2) is 0 Å². The van der Waals surface area contributed by atoms with E-state index in [0.29, 0.717) is 16.4 Å². The molecule has 1 nitrogen and oxygen atoms in total. The van der Waals surface area contributed by atoms with Gasteiger partial charge in [-0.1, -0.05) is 11.6 Å². The molecule has 2 aliphatic rings. The molecule has 0 aromatic heterocycles. The van der Waals surface area contributed by atoms with Crippen LogP contribution >= 0.6 is 11.6 Å². The molecule has 1 aliphatic heterocycles. The van der Waals surface area contributed by atoms with Crippen molar-refractivity contribution in [3.05, 3.63) is 34.6 Å². The molecule has 1 spiro atoms. The second-order valence-corrected chi connectivity index (χ2v) is 5.28. The first kappa shape index (κ1) is 9.61. The minimum absolute atomic E-state index is 0.179. The summed E-state index contributed by atoms with van der Waals surface area (Å²) in [4.78, 5) is 0. The van der Waals surface area contributed by atoms with Gasteiger partial charge in [-0.3, -0.25) is 0 Å². The third kappa shape index (κ3) is 1.47. The third-order valence-corrected chi connectivity index (χ3v) is 4.10. The van der Waals surface area contributed by atoms with Crippen molar-refractivity contribution in [2.45, 2.75) is 18.8 Å². The fraction of sp³-hybridized carbons (Fsp3) is 0.500. The Labute approximate surface area is 93.6 Å². The van der Waals surface area contributed by atoms with E-state index in [0.717, 1.165) is 31.5 Å². The van der Waals surface area contributed by atoms with Gasteiger partial charge in [0.25, 0.3) is 0 Å². The van der Waals surface area contributed by atoms with E-state index in [9.17, 15) is 4.39 Å². The Morgan fingerprint density at radius 2 is 2.07 bits per heavy atom. The van der Waals surface area contributed by atoms with Crippen LogP contribution in [0.4, 0.5) is 4.39 Å². The van der Waals surface area contributed by atoms with Gasteiger partial charge in [-0.15, -0.1) is 0 Å². The van der Waals surface area contributed by atoms with Crippen molar-refractivity contribution < 1.29 is 4.39 Å². The highest BCUT2D eigenvalue weighted by Gasteiger charge is 2.49. The third-order valence-electron chi connectivity index (χ3n) is 3.76. The van der Waals surface area contributed by atoms with Crippen LogP contribution < -0.4 is 5.32 Å². The van der Waals surface area contributed by atoms with Crippen LogP contribution in [0.15, 0.2) is 18.2 Å². The lowest BCUT2D eigenvalue weighted by Gasteiger charge is -2.54. The van der Waals surface area contributed by atoms with Crippen LogP contribution in [-0.4, -0.2) is 13.1 Å². The minimum Gasteiger partial charge on any atom is -0.316 e. The summed E-state index contributed by atoms with van der Waals surface area (Å²) in [6.07, 6.45) is 2.31. The molecule has 3 rings (SSSR count). The lowest BCUT2D eigenvalue weighted by Crippen LogP contribution is -2.59. The van der Waals surface area contributed by atoms with Crippen molar-refractivity contribution in [3.8, 4) is 0 Å². The molecule has 0 bridgehead atoms. The van der Waals surface area contributed by atoms with Crippen LogP contribution in [-0.2, 0) is 0 Å². The molecule has 0 radical (unpaired) electrons. The van der Waals surface area contributed by atoms with E-state index in [-0.39, 0.29) is 5.82 Å². The smallest absolute Gasteiger partial charge is 0.123 e. The van der Waals surface area contributed by atoms with Gasteiger partial charge in [0.2, 0.25) is 0 Å². The Morgan fingerprint density at radius 3 is 2.67 bits per heavy atom. The van der Waals surface area contributed by atoms with Crippen LogP contribution in [0.1, 0.15) is 24.3 Å². The molecule has 0 unspecified atom stereocenters. The fourth-order valence-electron chi connectivity index (χ4n) is 2.80. The van der Waals surface area contributed by atoms with Crippen LogP contribution in [0.3, 0.4) is 0 Å². The van der Waals surface area contributed by atoms with E-state index in [1.807, 2.05) is 0 Å². The van der Waals surface area contributed by atoms with Crippen LogP contribution in [0.25, 0.3) is 0 Å². The topological polar surface area (TPSA) is 12.0 Å². The number of hydrogen-bond donors (Lipinski definition) is 1. The first-order valence-corrected chi connectivity index (χ1v) is 5.72. The average Bonchev–Trinajstić information content (AvgIpc) is 2.06. The molecule has 0 amide bonds. The van der Waals surface area contributed by atoms with E-state index in [1.165, 1.54) is 6.07 Å². The SMILES string of the molecule is Fc1ccc(Cl)c(C2CC3(CNC3)C2)c1. The van der Waals surface area contributed by atoms with Crippen LogP contribution in [0.2, 0.25) is 5.02 Å². The molecule has 80 valence electrons. The Bertz CT molecular complexity index is 393. The Balaban J connectivity index is 1.80. The highest BCUT2D eigenvalue weighted by atomic mass is 35.5. The second-order valence-electron chi connectivity index (χ2n) is 4.87. The molecule has 1 aromatic carbocycles. The van der Waals surface area contributed by atoms with Crippen LogP contribution in [0.5, 0.6) is 0 Å². The Hall–Kier alpha value is -0.600. The summed E-state index contributed by atoms with van der Waals surface area (Å²) in [7, 11) is 0. The van der Waals surface area contributed by atoms with Gasteiger partial charge in [0.05, 0.1) is 0 Å². The Kier molecular flexibility index (Phi) is 2.05. The van der Waals surface area contributed by atoms with Gasteiger partial charge >= 0.3 is 0 Å². The van der Waals surface area contributed by atoms with E-state index in [4.69, 9.17) is 11.6 Å². The van der Waals surface area contributed by atoms with Gasteiger partial charge in [-0.25, -0.2) is 4.39 Å². The first-order valence-electron chi connectivity index (χ1n) is 5.34. The number of rotatable bonds is 1. The summed E-state index contributed by atoms with van der Waals surface area (Å²) >= 11 is 6.08. The number of hydrogen-bond acceptors (Lipinski definition) is 1. The number of halogens is 2. The predicted octanol–water partition coefficient (Wildman–Crippen LogP) is 2.95. The molecule has 1 heterocycles. The summed E-state index contributed by atoms with van der Waals surface area (Å²) in [6, 6.07) is 4.67. The Morgan fingerprint density at radius 1 is 1.33 bits per heavy atom. The van der Waals surface area contributed by atoms with Crippen molar-refractivity contribution in [2.75, 3.05) is 13.1 Å². The molecule has 1 saturated carbocycles. The maximum absolute atomic E-state index is 13.1. The normalized spacial score (nSPS) is 23.6. The van der Waals surface area contributed by atoms with Gasteiger partial charge in [0, 0.05) is 18.1 Å². The first-order chi connectivity index (χ1) is 7.19. The maximum atomic E-state index is 13.1. The number of nitrogens with one attached hydrogen (secondary N) is 1.